The summed E-state index contributed by atoms with van der Waals surface area (Å²) in [7, 11) is 0. The lowest BCUT2D eigenvalue weighted by molar-refractivity contribution is 0.217. The van der Waals surface area contributed by atoms with Crippen LogP contribution in [-0.2, 0) is 12.8 Å². The zero-order valence-electron chi connectivity index (χ0n) is 11.8. The highest BCUT2D eigenvalue weighted by Gasteiger charge is 2.32. The van der Waals surface area contributed by atoms with Crippen LogP contribution >= 0.6 is 0 Å². The number of fused-ring (bicyclic) bond motifs is 1. The lowest BCUT2D eigenvalue weighted by Crippen LogP contribution is -2.38. The third-order valence-electron chi connectivity index (χ3n) is 4.95. The number of benzene rings is 1. The molecule has 1 aromatic carbocycles. The van der Waals surface area contributed by atoms with Crippen LogP contribution in [0.3, 0.4) is 0 Å². The molecule has 1 saturated carbocycles. The Morgan fingerprint density at radius 1 is 1.06 bits per heavy atom. The van der Waals surface area contributed by atoms with Crippen molar-refractivity contribution < 1.29 is 0 Å². The first kappa shape index (κ1) is 12.1. The summed E-state index contributed by atoms with van der Waals surface area (Å²) < 4.78 is 0. The minimum absolute atomic E-state index is 0.442. The zero-order valence-corrected chi connectivity index (χ0v) is 11.8. The van der Waals surface area contributed by atoms with Gasteiger partial charge in [-0.1, -0.05) is 32.8 Å². The molecule has 0 bridgehead atoms. The van der Waals surface area contributed by atoms with Crippen LogP contribution in [0.4, 0.5) is 5.69 Å². The van der Waals surface area contributed by atoms with Crippen LogP contribution in [-0.4, -0.2) is 6.04 Å². The Bertz CT molecular complexity index is 433. The monoisotopic (exact) mass is 243 g/mol. The van der Waals surface area contributed by atoms with E-state index in [1.807, 2.05) is 0 Å². The van der Waals surface area contributed by atoms with Gasteiger partial charge in [0.1, 0.15) is 0 Å². The average Bonchev–Trinajstić information content (AvgIpc) is 2.79. The molecule has 2 aliphatic rings. The fourth-order valence-electron chi connectivity index (χ4n) is 3.62. The van der Waals surface area contributed by atoms with Crippen molar-refractivity contribution in [2.24, 2.45) is 5.41 Å². The van der Waals surface area contributed by atoms with Crippen molar-refractivity contribution in [2.45, 2.75) is 64.8 Å². The second-order valence-electron chi connectivity index (χ2n) is 6.77. The SMILES string of the molecule is CC1(C)CCCCC1Nc1ccc2c(c1)CCC2. The van der Waals surface area contributed by atoms with E-state index in [-0.39, 0.29) is 0 Å². The summed E-state index contributed by atoms with van der Waals surface area (Å²) in [6, 6.07) is 7.66. The maximum atomic E-state index is 3.80. The Labute approximate surface area is 111 Å². The molecule has 1 N–H and O–H groups in total. The van der Waals surface area contributed by atoms with Gasteiger partial charge in [0.15, 0.2) is 0 Å². The van der Waals surface area contributed by atoms with Crippen molar-refractivity contribution in [3.05, 3.63) is 29.3 Å². The van der Waals surface area contributed by atoms with E-state index in [4.69, 9.17) is 0 Å². The first-order valence-corrected chi connectivity index (χ1v) is 7.53. The standard InChI is InChI=1S/C17H25N/c1-17(2)11-4-3-8-16(17)18-15-10-9-13-6-5-7-14(13)12-15/h9-10,12,16,18H,3-8,11H2,1-2H3. The van der Waals surface area contributed by atoms with Gasteiger partial charge in [-0.05, 0) is 60.8 Å². The minimum Gasteiger partial charge on any atom is -0.382 e. The molecule has 0 aromatic heterocycles. The number of hydrogen-bond acceptors (Lipinski definition) is 1. The lowest BCUT2D eigenvalue weighted by Gasteiger charge is -2.39. The van der Waals surface area contributed by atoms with Gasteiger partial charge in [0.05, 0.1) is 0 Å². The molecule has 2 aliphatic carbocycles. The molecule has 98 valence electrons. The molecule has 0 amide bonds. The molecular formula is C17H25N. The highest BCUT2D eigenvalue weighted by molar-refractivity contribution is 5.51. The number of rotatable bonds is 2. The Morgan fingerprint density at radius 2 is 1.89 bits per heavy atom. The van der Waals surface area contributed by atoms with E-state index in [1.54, 1.807) is 11.1 Å². The number of nitrogens with one attached hydrogen (secondary N) is 1. The minimum atomic E-state index is 0.442. The van der Waals surface area contributed by atoms with E-state index in [1.165, 1.54) is 50.6 Å². The summed E-state index contributed by atoms with van der Waals surface area (Å²) in [6.07, 6.45) is 9.36. The summed E-state index contributed by atoms with van der Waals surface area (Å²) in [4.78, 5) is 0. The first-order chi connectivity index (χ1) is 8.65. The van der Waals surface area contributed by atoms with E-state index in [2.05, 4.69) is 37.4 Å². The van der Waals surface area contributed by atoms with Crippen molar-refractivity contribution in [2.75, 3.05) is 5.32 Å². The number of hydrogen-bond donors (Lipinski definition) is 1. The van der Waals surface area contributed by atoms with Crippen molar-refractivity contribution in [1.29, 1.82) is 0 Å². The second-order valence-corrected chi connectivity index (χ2v) is 6.77. The smallest absolute Gasteiger partial charge is 0.0345 e. The predicted octanol–water partition coefficient (Wildman–Crippen LogP) is 4.56. The summed E-state index contributed by atoms with van der Waals surface area (Å²) in [5.41, 5.74) is 4.93. The van der Waals surface area contributed by atoms with E-state index in [0.717, 1.165) is 0 Å². The van der Waals surface area contributed by atoms with Gasteiger partial charge in [0.25, 0.3) is 0 Å². The van der Waals surface area contributed by atoms with Crippen molar-refractivity contribution in [1.82, 2.24) is 0 Å². The number of aryl methyl sites for hydroxylation is 2. The van der Waals surface area contributed by atoms with Gasteiger partial charge < -0.3 is 5.32 Å². The molecular weight excluding hydrogens is 218 g/mol. The molecule has 0 radical (unpaired) electrons. The second kappa shape index (κ2) is 4.60. The summed E-state index contributed by atoms with van der Waals surface area (Å²) >= 11 is 0. The molecule has 18 heavy (non-hydrogen) atoms. The quantitative estimate of drug-likeness (QED) is 0.803. The lowest BCUT2D eigenvalue weighted by atomic mass is 9.73. The van der Waals surface area contributed by atoms with Crippen LogP contribution in [0, 0.1) is 5.41 Å². The predicted molar refractivity (Wildman–Crippen MR) is 78.1 cm³/mol. The van der Waals surface area contributed by atoms with Gasteiger partial charge in [-0.3, -0.25) is 0 Å². The van der Waals surface area contributed by atoms with Gasteiger partial charge in [-0.2, -0.15) is 0 Å². The first-order valence-electron chi connectivity index (χ1n) is 7.53. The molecule has 0 aliphatic heterocycles. The van der Waals surface area contributed by atoms with Crippen molar-refractivity contribution >= 4 is 5.69 Å². The zero-order chi connectivity index (χ0) is 12.6. The van der Waals surface area contributed by atoms with Gasteiger partial charge in [-0.15, -0.1) is 0 Å². The van der Waals surface area contributed by atoms with E-state index >= 15 is 0 Å². The fourth-order valence-corrected chi connectivity index (χ4v) is 3.62. The summed E-state index contributed by atoms with van der Waals surface area (Å²) in [6.45, 7) is 4.83. The van der Waals surface area contributed by atoms with Crippen LogP contribution in [0.1, 0.15) is 57.1 Å². The maximum Gasteiger partial charge on any atom is 0.0345 e. The van der Waals surface area contributed by atoms with Gasteiger partial charge in [-0.25, -0.2) is 0 Å². The third-order valence-corrected chi connectivity index (χ3v) is 4.95. The molecule has 1 unspecified atom stereocenters. The van der Waals surface area contributed by atoms with Gasteiger partial charge >= 0.3 is 0 Å². The molecule has 0 saturated heterocycles. The Morgan fingerprint density at radius 3 is 2.72 bits per heavy atom. The van der Waals surface area contributed by atoms with E-state index in [9.17, 15) is 0 Å². The van der Waals surface area contributed by atoms with Gasteiger partial charge in [0.2, 0.25) is 0 Å². The van der Waals surface area contributed by atoms with E-state index < -0.39 is 0 Å². The van der Waals surface area contributed by atoms with Crippen LogP contribution < -0.4 is 5.32 Å². The molecule has 1 nitrogen and oxygen atoms in total. The van der Waals surface area contributed by atoms with Crippen LogP contribution in [0.25, 0.3) is 0 Å². The average molecular weight is 243 g/mol. The van der Waals surface area contributed by atoms with Gasteiger partial charge in [0, 0.05) is 11.7 Å². The normalized spacial score (nSPS) is 25.8. The molecule has 0 heterocycles. The third kappa shape index (κ3) is 2.28. The van der Waals surface area contributed by atoms with Crippen LogP contribution in [0.2, 0.25) is 0 Å². The summed E-state index contributed by atoms with van der Waals surface area (Å²) in [5, 5.41) is 3.80. The maximum absolute atomic E-state index is 3.80. The Balaban J connectivity index is 1.76. The molecule has 0 spiro atoms. The molecule has 1 aromatic rings. The molecule has 3 rings (SSSR count). The van der Waals surface area contributed by atoms with Crippen molar-refractivity contribution in [3.63, 3.8) is 0 Å². The molecule has 1 heteroatoms. The topological polar surface area (TPSA) is 12.0 Å². The van der Waals surface area contributed by atoms with Crippen LogP contribution in [0.5, 0.6) is 0 Å². The highest BCUT2D eigenvalue weighted by Crippen LogP contribution is 2.37. The number of anilines is 1. The molecule has 1 fully saturated rings. The van der Waals surface area contributed by atoms with Crippen LogP contribution in [0.15, 0.2) is 18.2 Å². The largest absolute Gasteiger partial charge is 0.382 e. The highest BCUT2D eigenvalue weighted by atomic mass is 14.9. The Kier molecular flexibility index (Phi) is 3.09. The molecule has 1 atom stereocenters. The summed E-state index contributed by atoms with van der Waals surface area (Å²) in [5.74, 6) is 0. The van der Waals surface area contributed by atoms with Crippen molar-refractivity contribution in [3.8, 4) is 0 Å². The van der Waals surface area contributed by atoms with E-state index in [0.29, 0.717) is 11.5 Å². The fraction of sp³-hybridized carbons (Fsp3) is 0.647. The Hall–Kier alpha value is -0.980.